The summed E-state index contributed by atoms with van der Waals surface area (Å²) in [5, 5.41) is 3.61. The zero-order valence-corrected chi connectivity index (χ0v) is 32.0. The second-order valence-corrected chi connectivity index (χ2v) is 16.4. The van der Waals surface area contributed by atoms with E-state index in [9.17, 15) is 0 Å². The molecule has 0 N–H and O–H groups in total. The van der Waals surface area contributed by atoms with Crippen LogP contribution in [0.3, 0.4) is 0 Å². The molecular weight excluding hydrogens is 699 g/mol. The van der Waals surface area contributed by atoms with Gasteiger partial charge in [0.2, 0.25) is 0 Å². The average Bonchev–Trinajstić information content (AvgIpc) is 3.90. The molecule has 8 aromatic carbocycles. The second-order valence-electron chi connectivity index (χ2n) is 15.3. The summed E-state index contributed by atoms with van der Waals surface area (Å²) in [6.45, 7) is 4.75. The van der Waals surface area contributed by atoms with E-state index in [0.29, 0.717) is 0 Å². The van der Waals surface area contributed by atoms with Crippen molar-refractivity contribution in [3.05, 3.63) is 199 Å². The average molecular weight is 736 g/mol. The van der Waals surface area contributed by atoms with E-state index in [1.165, 1.54) is 65.0 Å². The van der Waals surface area contributed by atoms with Crippen LogP contribution < -0.4 is 4.90 Å². The van der Waals surface area contributed by atoms with E-state index in [1.54, 1.807) is 0 Å². The van der Waals surface area contributed by atoms with Crippen LogP contribution in [0, 0.1) is 0 Å². The molecule has 2 aromatic heterocycles. The molecule has 3 heteroatoms. The van der Waals surface area contributed by atoms with Crippen molar-refractivity contribution in [2.75, 3.05) is 4.90 Å². The first-order chi connectivity index (χ1) is 27.5. The fourth-order valence-corrected chi connectivity index (χ4v) is 10.3. The van der Waals surface area contributed by atoms with Gasteiger partial charge in [-0.15, -0.1) is 11.3 Å². The summed E-state index contributed by atoms with van der Waals surface area (Å²) in [5.41, 5.74) is 16.5. The van der Waals surface area contributed by atoms with Crippen LogP contribution in [0.15, 0.2) is 192 Å². The molecule has 2 heterocycles. The molecule has 266 valence electrons. The maximum Gasteiger partial charge on any atom is 0.135 e. The highest BCUT2D eigenvalue weighted by molar-refractivity contribution is 7.22. The van der Waals surface area contributed by atoms with Gasteiger partial charge < -0.3 is 9.32 Å². The highest BCUT2D eigenvalue weighted by atomic mass is 32.1. The molecule has 0 amide bonds. The monoisotopic (exact) mass is 735 g/mol. The number of hydrogen-bond donors (Lipinski definition) is 0. The Labute approximate surface area is 330 Å². The lowest BCUT2D eigenvalue weighted by molar-refractivity contribution is 0.667. The number of thiophene rings is 1. The van der Waals surface area contributed by atoms with E-state index in [1.807, 2.05) is 23.5 Å². The van der Waals surface area contributed by atoms with Crippen molar-refractivity contribution in [2.45, 2.75) is 19.3 Å². The van der Waals surface area contributed by atoms with Crippen LogP contribution in [-0.4, -0.2) is 0 Å². The van der Waals surface area contributed by atoms with Gasteiger partial charge in [-0.1, -0.05) is 141 Å². The van der Waals surface area contributed by atoms with E-state index in [-0.39, 0.29) is 5.41 Å². The third-order valence-corrected chi connectivity index (χ3v) is 12.9. The van der Waals surface area contributed by atoms with Crippen LogP contribution in [0.5, 0.6) is 0 Å². The molecular formula is C53H37NOS. The fourth-order valence-electron chi connectivity index (χ4n) is 8.86. The van der Waals surface area contributed by atoms with Gasteiger partial charge >= 0.3 is 0 Å². The molecule has 2 nitrogen and oxygen atoms in total. The summed E-state index contributed by atoms with van der Waals surface area (Å²) >= 11 is 1.93. The predicted molar refractivity (Wildman–Crippen MR) is 238 cm³/mol. The largest absolute Gasteiger partial charge is 0.456 e. The van der Waals surface area contributed by atoms with Crippen molar-refractivity contribution in [2.24, 2.45) is 0 Å². The van der Waals surface area contributed by atoms with Gasteiger partial charge in [-0.3, -0.25) is 0 Å². The predicted octanol–water partition coefficient (Wildman–Crippen LogP) is 15.6. The number of furan rings is 1. The van der Waals surface area contributed by atoms with Crippen molar-refractivity contribution < 1.29 is 4.42 Å². The van der Waals surface area contributed by atoms with Crippen molar-refractivity contribution in [3.63, 3.8) is 0 Å². The summed E-state index contributed by atoms with van der Waals surface area (Å²) in [7, 11) is 0. The lowest BCUT2D eigenvalue weighted by atomic mass is 9.81. The third-order valence-electron chi connectivity index (χ3n) is 11.7. The van der Waals surface area contributed by atoms with E-state index >= 15 is 0 Å². The molecule has 0 radical (unpaired) electrons. The molecule has 0 unspecified atom stereocenters. The first-order valence-corrected chi connectivity index (χ1v) is 20.1. The number of benzene rings is 8. The maximum absolute atomic E-state index is 6.22. The quantitative estimate of drug-likeness (QED) is 0.169. The molecule has 0 atom stereocenters. The van der Waals surface area contributed by atoms with Gasteiger partial charge in [-0.05, 0) is 116 Å². The zero-order chi connectivity index (χ0) is 37.4. The standard InChI is InChI=1S/C53H37NOS/c1-53(2)47-29-25-39(32-46(47)52-51(53)44-16-7-9-18-50(44)56-52)37-21-19-36(20-22-37)38-13-10-14-41(31-38)54(40-26-23-35(24-27-40)34-11-4-3-5-12-34)42-28-30-49-45(33-42)43-15-6-8-17-48(43)55-49/h3-33H,1-2H3. The highest BCUT2D eigenvalue weighted by Gasteiger charge is 2.38. The Bertz CT molecular complexity index is 3090. The number of hydrogen-bond acceptors (Lipinski definition) is 3. The summed E-state index contributed by atoms with van der Waals surface area (Å²) in [6.07, 6.45) is 0. The molecule has 11 rings (SSSR count). The van der Waals surface area contributed by atoms with Crippen LogP contribution in [0.2, 0.25) is 0 Å². The number of rotatable bonds is 6. The first-order valence-electron chi connectivity index (χ1n) is 19.2. The minimum Gasteiger partial charge on any atom is -0.456 e. The Balaban J connectivity index is 0.965. The topological polar surface area (TPSA) is 16.4 Å². The van der Waals surface area contributed by atoms with E-state index in [2.05, 4.69) is 195 Å². The molecule has 0 saturated carbocycles. The van der Waals surface area contributed by atoms with Crippen LogP contribution in [0.1, 0.15) is 25.0 Å². The van der Waals surface area contributed by atoms with Gasteiger partial charge in [0.15, 0.2) is 0 Å². The number of nitrogens with zero attached hydrogens (tertiary/aromatic N) is 1. The minimum atomic E-state index is -0.0203. The summed E-state index contributed by atoms with van der Waals surface area (Å²) < 4.78 is 7.59. The zero-order valence-electron chi connectivity index (χ0n) is 31.2. The summed E-state index contributed by atoms with van der Waals surface area (Å²) in [5.74, 6) is 0. The summed E-state index contributed by atoms with van der Waals surface area (Å²) in [6, 6.07) is 68.1. The Morgan fingerprint density at radius 1 is 0.429 bits per heavy atom. The Morgan fingerprint density at radius 2 is 1.00 bits per heavy atom. The van der Waals surface area contributed by atoms with E-state index < -0.39 is 0 Å². The van der Waals surface area contributed by atoms with Gasteiger partial charge in [0.1, 0.15) is 11.2 Å². The van der Waals surface area contributed by atoms with Crippen LogP contribution >= 0.6 is 11.3 Å². The van der Waals surface area contributed by atoms with Crippen LogP contribution in [0.4, 0.5) is 17.1 Å². The highest BCUT2D eigenvalue weighted by Crippen LogP contribution is 2.56. The van der Waals surface area contributed by atoms with Crippen molar-refractivity contribution in [1.29, 1.82) is 0 Å². The first kappa shape index (κ1) is 32.7. The molecule has 0 fully saturated rings. The van der Waals surface area contributed by atoms with E-state index in [0.717, 1.165) is 39.0 Å². The minimum absolute atomic E-state index is 0.0203. The molecule has 1 aliphatic rings. The second kappa shape index (κ2) is 12.7. The van der Waals surface area contributed by atoms with Gasteiger partial charge in [0, 0.05) is 42.8 Å². The van der Waals surface area contributed by atoms with Gasteiger partial charge in [0.25, 0.3) is 0 Å². The molecule has 0 bridgehead atoms. The molecule has 1 aliphatic carbocycles. The fraction of sp³-hybridized carbons (Fsp3) is 0.0566. The molecule has 10 aromatic rings. The Morgan fingerprint density at radius 3 is 1.80 bits per heavy atom. The van der Waals surface area contributed by atoms with Crippen molar-refractivity contribution >= 4 is 60.4 Å². The van der Waals surface area contributed by atoms with Gasteiger partial charge in [-0.2, -0.15) is 0 Å². The lowest BCUT2D eigenvalue weighted by Crippen LogP contribution is -2.14. The number of anilines is 3. The molecule has 0 aliphatic heterocycles. The number of para-hydroxylation sites is 1. The third kappa shape index (κ3) is 5.23. The van der Waals surface area contributed by atoms with Crippen molar-refractivity contribution in [3.8, 4) is 43.8 Å². The van der Waals surface area contributed by atoms with Crippen LogP contribution in [-0.2, 0) is 5.41 Å². The normalized spacial score (nSPS) is 13.0. The smallest absolute Gasteiger partial charge is 0.135 e. The van der Waals surface area contributed by atoms with Gasteiger partial charge in [0.05, 0.1) is 0 Å². The van der Waals surface area contributed by atoms with E-state index in [4.69, 9.17) is 4.42 Å². The molecule has 0 saturated heterocycles. The SMILES string of the molecule is CC1(C)c2ccc(-c3ccc(-c4cccc(N(c5ccc(-c6ccccc6)cc5)c5ccc6oc7ccccc7c6c5)c4)cc3)cc2-c2sc3ccccc3c21. The molecule has 56 heavy (non-hydrogen) atoms. The van der Waals surface area contributed by atoms with Gasteiger partial charge in [-0.25, -0.2) is 0 Å². The van der Waals surface area contributed by atoms with Crippen molar-refractivity contribution in [1.82, 2.24) is 0 Å². The summed E-state index contributed by atoms with van der Waals surface area (Å²) in [4.78, 5) is 3.77. The maximum atomic E-state index is 6.22. The number of fused-ring (bicyclic) bond motifs is 8. The van der Waals surface area contributed by atoms with Crippen LogP contribution in [0.25, 0.3) is 75.8 Å². The lowest BCUT2D eigenvalue weighted by Gasteiger charge is -2.26. The molecule has 0 spiro atoms. The Kier molecular flexibility index (Phi) is 7.42. The Hall–Kier alpha value is -6.68.